The van der Waals surface area contributed by atoms with E-state index < -0.39 is 11.9 Å². The number of nitrogens with zero attached hydrogens (tertiary/aromatic N) is 3. The van der Waals surface area contributed by atoms with Crippen LogP contribution in [0.2, 0.25) is 5.02 Å². The number of aromatic nitrogens is 3. The maximum atomic E-state index is 14.3. The fourth-order valence-corrected chi connectivity index (χ4v) is 7.44. The van der Waals surface area contributed by atoms with Crippen LogP contribution in [0.3, 0.4) is 0 Å². The fraction of sp³-hybridized carbons (Fsp3) is 0.644. The van der Waals surface area contributed by atoms with Crippen LogP contribution in [-0.2, 0) is 11.3 Å². The summed E-state index contributed by atoms with van der Waals surface area (Å²) < 4.78 is 3.65. The summed E-state index contributed by atoms with van der Waals surface area (Å²) in [7, 11) is 0. The second-order valence-electron chi connectivity index (χ2n) is 15.4. The van der Waals surface area contributed by atoms with E-state index in [1.165, 1.54) is 107 Å². The van der Waals surface area contributed by atoms with E-state index in [1.54, 1.807) is 36.7 Å². The number of rotatable bonds is 29. The van der Waals surface area contributed by atoms with Gasteiger partial charge in [-0.1, -0.05) is 155 Å². The molecule has 54 heavy (non-hydrogen) atoms. The molecule has 300 valence electrons. The topological polar surface area (TPSA) is 98.0 Å². The Labute approximate surface area is 331 Å². The highest BCUT2D eigenvalue weighted by atomic mass is 35.5. The van der Waals surface area contributed by atoms with Gasteiger partial charge in [0.15, 0.2) is 11.8 Å². The van der Waals surface area contributed by atoms with Crippen LogP contribution in [0.4, 0.5) is 5.69 Å². The Kier molecular flexibility index (Phi) is 21.4. The highest BCUT2D eigenvalue weighted by molar-refractivity contribution is 6.34. The van der Waals surface area contributed by atoms with Gasteiger partial charge < -0.3 is 15.2 Å². The molecule has 2 aromatic heterocycles. The van der Waals surface area contributed by atoms with Crippen molar-refractivity contribution in [1.29, 1.82) is 0 Å². The molecule has 1 atom stereocenters. The Morgan fingerprint density at radius 3 is 1.85 bits per heavy atom. The van der Waals surface area contributed by atoms with Crippen LogP contribution >= 0.6 is 11.6 Å². The summed E-state index contributed by atoms with van der Waals surface area (Å²) in [5.74, 6) is -0.915. The number of halogens is 1. The lowest BCUT2D eigenvalue weighted by molar-refractivity contribution is -0.118. The smallest absolute Gasteiger partial charge is 0.257 e. The van der Waals surface area contributed by atoms with E-state index in [0.29, 0.717) is 17.7 Å². The number of hydrogen-bond donors (Lipinski definition) is 2. The van der Waals surface area contributed by atoms with Crippen molar-refractivity contribution < 1.29 is 14.4 Å². The van der Waals surface area contributed by atoms with Gasteiger partial charge in [0.05, 0.1) is 10.7 Å². The standard InChI is InChI=1S/C45H70ClN5O3/c1-6-8-10-12-14-16-18-20-22-24-29-47-44(53)37-27-28-39(46)40(33-37)49-45(54)42(51-32-26-30-48-51)43(52)38-34-41(35(3)4)50(36(38)5)31-25-23-21-19-17-15-13-11-9-7-2/h26-28,30,32-35,42H,6-25,29,31H2,1-5H3,(H,47,53)(H,49,54). The monoisotopic (exact) mass is 764 g/mol. The molecule has 1 unspecified atom stereocenters. The number of unbranched alkanes of at least 4 members (excludes halogenated alkanes) is 18. The maximum Gasteiger partial charge on any atom is 0.257 e. The van der Waals surface area contributed by atoms with E-state index in [0.717, 1.165) is 43.6 Å². The molecule has 2 heterocycles. The highest BCUT2D eigenvalue weighted by Gasteiger charge is 2.33. The van der Waals surface area contributed by atoms with Crippen molar-refractivity contribution >= 4 is 34.9 Å². The molecule has 3 aromatic rings. The average Bonchev–Trinajstić information content (AvgIpc) is 3.80. The summed E-state index contributed by atoms with van der Waals surface area (Å²) in [6, 6.07) is 7.22. The molecular weight excluding hydrogens is 694 g/mol. The first kappa shape index (κ1) is 45.0. The van der Waals surface area contributed by atoms with Crippen molar-refractivity contribution in [3.05, 3.63) is 70.3 Å². The molecule has 8 nitrogen and oxygen atoms in total. The van der Waals surface area contributed by atoms with Crippen molar-refractivity contribution in [2.75, 3.05) is 11.9 Å². The number of amides is 2. The third-order valence-electron chi connectivity index (χ3n) is 10.6. The first-order chi connectivity index (χ1) is 26.2. The minimum atomic E-state index is -1.25. The molecule has 0 aliphatic heterocycles. The van der Waals surface area contributed by atoms with Crippen LogP contribution in [0, 0.1) is 6.92 Å². The SMILES string of the molecule is CCCCCCCCCCCCNC(=O)c1ccc(Cl)c(NC(=O)C(C(=O)c2cc(C(C)C)n(CCCCCCCCCCCC)c2C)n2cccn2)c1. The lowest BCUT2D eigenvalue weighted by Crippen LogP contribution is -2.33. The number of anilines is 1. The first-order valence-corrected chi connectivity index (χ1v) is 21.7. The number of hydrogen-bond acceptors (Lipinski definition) is 4. The molecule has 1 aromatic carbocycles. The molecule has 0 saturated heterocycles. The Balaban J connectivity index is 1.61. The van der Waals surface area contributed by atoms with Gasteiger partial charge in [0.25, 0.3) is 11.8 Å². The van der Waals surface area contributed by atoms with Crippen LogP contribution in [0.1, 0.15) is 200 Å². The minimum Gasteiger partial charge on any atom is -0.352 e. The van der Waals surface area contributed by atoms with E-state index in [4.69, 9.17) is 11.6 Å². The molecule has 9 heteroatoms. The van der Waals surface area contributed by atoms with Crippen LogP contribution in [-0.4, -0.2) is 38.5 Å². The molecule has 0 saturated carbocycles. The molecule has 0 bridgehead atoms. The summed E-state index contributed by atoms with van der Waals surface area (Å²) in [5.41, 5.74) is 3.14. The second kappa shape index (κ2) is 25.6. The van der Waals surface area contributed by atoms with Gasteiger partial charge in [-0.15, -0.1) is 0 Å². The molecule has 0 fully saturated rings. The minimum absolute atomic E-state index is 0.211. The Morgan fingerprint density at radius 2 is 1.31 bits per heavy atom. The van der Waals surface area contributed by atoms with Crippen LogP contribution in [0.15, 0.2) is 42.7 Å². The van der Waals surface area contributed by atoms with Gasteiger partial charge in [-0.2, -0.15) is 5.10 Å². The average molecular weight is 765 g/mol. The van der Waals surface area contributed by atoms with Gasteiger partial charge in [0.1, 0.15) is 0 Å². The number of ketones is 1. The number of Topliss-reactive ketones (excluding diaryl/α,β-unsaturated/α-hetero) is 1. The number of carbonyl (C=O) groups excluding carboxylic acids is 3. The molecule has 2 N–H and O–H groups in total. The van der Waals surface area contributed by atoms with Crippen molar-refractivity contribution in [1.82, 2.24) is 19.7 Å². The molecule has 0 aliphatic carbocycles. The van der Waals surface area contributed by atoms with Crippen LogP contribution < -0.4 is 10.6 Å². The summed E-state index contributed by atoms with van der Waals surface area (Å²) >= 11 is 6.53. The maximum absolute atomic E-state index is 14.3. The lowest BCUT2D eigenvalue weighted by atomic mass is 10.0. The van der Waals surface area contributed by atoms with Crippen molar-refractivity contribution in [2.45, 2.75) is 182 Å². The molecule has 3 rings (SSSR count). The van der Waals surface area contributed by atoms with Crippen molar-refractivity contribution in [3.8, 4) is 0 Å². The molecule has 0 radical (unpaired) electrons. The predicted molar refractivity (Wildman–Crippen MR) is 225 cm³/mol. The number of carbonyl (C=O) groups is 3. The van der Waals surface area contributed by atoms with E-state index in [2.05, 4.69) is 48.0 Å². The van der Waals surface area contributed by atoms with Crippen LogP contribution in [0.5, 0.6) is 0 Å². The van der Waals surface area contributed by atoms with Gasteiger partial charge in [-0.25, -0.2) is 0 Å². The summed E-state index contributed by atoms with van der Waals surface area (Å²) in [6.07, 6.45) is 28.2. The van der Waals surface area contributed by atoms with Gasteiger partial charge in [-0.3, -0.25) is 19.1 Å². The predicted octanol–water partition coefficient (Wildman–Crippen LogP) is 12.4. The fourth-order valence-electron chi connectivity index (χ4n) is 7.27. The van der Waals surface area contributed by atoms with Crippen molar-refractivity contribution in [3.63, 3.8) is 0 Å². The van der Waals surface area contributed by atoms with E-state index in [9.17, 15) is 14.4 Å². The molecule has 0 spiro atoms. The second-order valence-corrected chi connectivity index (χ2v) is 15.8. The van der Waals surface area contributed by atoms with Gasteiger partial charge in [-0.05, 0) is 56.0 Å². The molecular formula is C45H70ClN5O3. The summed E-state index contributed by atoms with van der Waals surface area (Å²) in [6.45, 7) is 12.2. The van der Waals surface area contributed by atoms with Gasteiger partial charge in [0.2, 0.25) is 0 Å². The van der Waals surface area contributed by atoms with E-state index >= 15 is 0 Å². The Bertz CT molecular complexity index is 1530. The lowest BCUT2D eigenvalue weighted by Gasteiger charge is -2.18. The summed E-state index contributed by atoms with van der Waals surface area (Å²) in [5, 5.41) is 10.4. The molecule has 0 aliphatic rings. The van der Waals surface area contributed by atoms with Crippen LogP contribution in [0.25, 0.3) is 0 Å². The van der Waals surface area contributed by atoms with Crippen molar-refractivity contribution in [2.24, 2.45) is 0 Å². The highest BCUT2D eigenvalue weighted by Crippen LogP contribution is 2.29. The normalized spacial score (nSPS) is 12.0. The zero-order valence-corrected chi connectivity index (χ0v) is 35.0. The third kappa shape index (κ3) is 15.0. The first-order valence-electron chi connectivity index (χ1n) is 21.3. The van der Waals surface area contributed by atoms with E-state index in [1.807, 2.05) is 13.0 Å². The van der Waals surface area contributed by atoms with Gasteiger partial charge in [0, 0.05) is 48.0 Å². The Hall–Kier alpha value is -3.39. The zero-order valence-electron chi connectivity index (χ0n) is 34.2. The zero-order chi connectivity index (χ0) is 39.1. The largest absolute Gasteiger partial charge is 0.352 e. The summed E-state index contributed by atoms with van der Waals surface area (Å²) in [4.78, 5) is 41.4. The third-order valence-corrected chi connectivity index (χ3v) is 10.9. The van der Waals surface area contributed by atoms with Gasteiger partial charge >= 0.3 is 0 Å². The number of benzene rings is 1. The number of nitrogens with one attached hydrogen (secondary N) is 2. The van der Waals surface area contributed by atoms with E-state index in [-0.39, 0.29) is 28.3 Å². The quantitative estimate of drug-likeness (QED) is 0.0418. The molecule has 2 amide bonds. The Morgan fingerprint density at radius 1 is 0.759 bits per heavy atom.